The Balaban J connectivity index is 1.74. The molecule has 0 unspecified atom stereocenters. The van der Waals surface area contributed by atoms with Gasteiger partial charge < -0.3 is 14.2 Å². The highest BCUT2D eigenvalue weighted by Gasteiger charge is 2.30. The summed E-state index contributed by atoms with van der Waals surface area (Å²) in [5, 5.41) is 0.505. The number of nitrogens with zero attached hydrogens (tertiary/aromatic N) is 3. The summed E-state index contributed by atoms with van der Waals surface area (Å²) < 4.78 is 7.19. The lowest BCUT2D eigenvalue weighted by atomic mass is 9.97. The van der Waals surface area contributed by atoms with Crippen LogP contribution in [0.2, 0.25) is 5.28 Å². The second kappa shape index (κ2) is 5.13. The van der Waals surface area contributed by atoms with Gasteiger partial charge in [-0.15, -0.1) is 0 Å². The topological polar surface area (TPSA) is 47.4 Å². The number of imidazole rings is 1. The van der Waals surface area contributed by atoms with Crippen molar-refractivity contribution in [2.75, 3.05) is 19.8 Å². The van der Waals surface area contributed by atoms with E-state index in [4.69, 9.17) is 16.3 Å². The molecule has 0 aliphatic carbocycles. The van der Waals surface area contributed by atoms with Crippen molar-refractivity contribution in [2.24, 2.45) is 13.0 Å². The van der Waals surface area contributed by atoms with Gasteiger partial charge in [-0.2, -0.15) is 0 Å². The SMILES string of the molecule is Cn1c(Cl)nc2c1CN(C(=O)C1CCOCC1)CC2. The Hall–Kier alpha value is -1.07. The zero-order chi connectivity index (χ0) is 13.4. The normalized spacial score (nSPS) is 20.4. The Morgan fingerprint density at radius 3 is 2.89 bits per heavy atom. The minimum absolute atomic E-state index is 0.124. The molecular formula is C13H18ClN3O2. The zero-order valence-electron chi connectivity index (χ0n) is 11.1. The van der Waals surface area contributed by atoms with Crippen LogP contribution in [0.1, 0.15) is 24.2 Å². The maximum atomic E-state index is 12.5. The van der Waals surface area contributed by atoms with Crippen molar-refractivity contribution in [3.8, 4) is 0 Å². The van der Waals surface area contributed by atoms with Gasteiger partial charge in [0.15, 0.2) is 0 Å². The van der Waals surface area contributed by atoms with Gasteiger partial charge in [-0.3, -0.25) is 4.79 Å². The first kappa shape index (κ1) is 12.9. The monoisotopic (exact) mass is 283 g/mol. The van der Waals surface area contributed by atoms with Crippen molar-refractivity contribution in [1.82, 2.24) is 14.5 Å². The minimum Gasteiger partial charge on any atom is -0.381 e. The number of ether oxygens (including phenoxy) is 1. The summed E-state index contributed by atoms with van der Waals surface area (Å²) in [4.78, 5) is 18.8. The van der Waals surface area contributed by atoms with Crippen LogP contribution in [-0.4, -0.2) is 40.1 Å². The van der Waals surface area contributed by atoms with Gasteiger partial charge >= 0.3 is 0 Å². The molecule has 1 fully saturated rings. The zero-order valence-corrected chi connectivity index (χ0v) is 11.8. The van der Waals surface area contributed by atoms with Crippen molar-refractivity contribution in [1.29, 1.82) is 0 Å². The predicted molar refractivity (Wildman–Crippen MR) is 70.9 cm³/mol. The Morgan fingerprint density at radius 1 is 1.42 bits per heavy atom. The number of aromatic nitrogens is 2. The number of hydrogen-bond donors (Lipinski definition) is 0. The number of halogens is 1. The average molecular weight is 284 g/mol. The molecule has 104 valence electrons. The molecule has 0 bridgehead atoms. The van der Waals surface area contributed by atoms with Crippen molar-refractivity contribution >= 4 is 17.5 Å². The van der Waals surface area contributed by atoms with E-state index in [2.05, 4.69) is 4.98 Å². The summed E-state index contributed by atoms with van der Waals surface area (Å²) in [6.45, 7) is 2.78. The highest BCUT2D eigenvalue weighted by atomic mass is 35.5. The lowest BCUT2D eigenvalue weighted by Gasteiger charge is -2.32. The average Bonchev–Trinajstić information content (AvgIpc) is 2.74. The van der Waals surface area contributed by atoms with Crippen molar-refractivity contribution in [3.63, 3.8) is 0 Å². The summed E-state index contributed by atoms with van der Waals surface area (Å²) in [6, 6.07) is 0. The molecule has 19 heavy (non-hydrogen) atoms. The minimum atomic E-state index is 0.124. The van der Waals surface area contributed by atoms with Crippen molar-refractivity contribution in [3.05, 3.63) is 16.7 Å². The predicted octanol–water partition coefficient (Wildman–Crippen LogP) is 1.38. The maximum absolute atomic E-state index is 12.5. The van der Waals surface area contributed by atoms with Gasteiger partial charge in [0.25, 0.3) is 0 Å². The molecule has 2 aliphatic rings. The Morgan fingerprint density at radius 2 is 2.16 bits per heavy atom. The highest BCUT2D eigenvalue weighted by Crippen LogP contribution is 2.25. The fourth-order valence-corrected chi connectivity index (χ4v) is 3.05. The second-order valence-electron chi connectivity index (χ2n) is 5.23. The van der Waals surface area contributed by atoms with Gasteiger partial charge in [0.2, 0.25) is 11.2 Å². The first-order chi connectivity index (χ1) is 9.16. The molecule has 1 aromatic heterocycles. The molecule has 6 heteroatoms. The van der Waals surface area contributed by atoms with Crippen LogP contribution in [0.15, 0.2) is 0 Å². The molecule has 3 rings (SSSR count). The Labute approximate surface area is 117 Å². The van der Waals surface area contributed by atoms with Crippen LogP contribution < -0.4 is 0 Å². The van der Waals surface area contributed by atoms with E-state index < -0.39 is 0 Å². The van der Waals surface area contributed by atoms with E-state index in [1.807, 2.05) is 16.5 Å². The molecule has 0 saturated carbocycles. The molecule has 0 aromatic carbocycles. The fourth-order valence-electron chi connectivity index (χ4n) is 2.84. The molecule has 3 heterocycles. The largest absolute Gasteiger partial charge is 0.381 e. The van der Waals surface area contributed by atoms with Crippen molar-refractivity contribution < 1.29 is 9.53 Å². The van der Waals surface area contributed by atoms with E-state index >= 15 is 0 Å². The van der Waals surface area contributed by atoms with Gasteiger partial charge in [0, 0.05) is 39.1 Å². The third kappa shape index (κ3) is 2.37. The van der Waals surface area contributed by atoms with Gasteiger partial charge in [-0.1, -0.05) is 0 Å². The number of rotatable bonds is 1. The Bertz CT molecular complexity index is 494. The molecule has 2 aliphatic heterocycles. The number of fused-ring (bicyclic) bond motifs is 1. The van der Waals surface area contributed by atoms with E-state index in [1.54, 1.807) is 0 Å². The van der Waals surface area contributed by atoms with Crippen LogP contribution >= 0.6 is 11.6 Å². The summed E-state index contributed by atoms with van der Waals surface area (Å²) in [5.41, 5.74) is 2.10. The van der Waals surface area contributed by atoms with Crippen LogP contribution in [0.4, 0.5) is 0 Å². The van der Waals surface area contributed by atoms with Crippen LogP contribution in [0, 0.1) is 5.92 Å². The molecular weight excluding hydrogens is 266 g/mol. The number of amides is 1. The maximum Gasteiger partial charge on any atom is 0.226 e. The molecule has 1 amide bonds. The molecule has 1 saturated heterocycles. The standard InChI is InChI=1S/C13H18ClN3O2/c1-16-11-8-17(5-2-10(11)15-13(16)14)12(18)9-3-6-19-7-4-9/h9H,2-8H2,1H3. The van der Waals surface area contributed by atoms with E-state index in [0.29, 0.717) is 25.0 Å². The van der Waals surface area contributed by atoms with Gasteiger partial charge in [-0.25, -0.2) is 4.98 Å². The third-order valence-corrected chi connectivity index (χ3v) is 4.42. The summed E-state index contributed by atoms with van der Waals surface area (Å²) in [5.74, 6) is 0.380. The van der Waals surface area contributed by atoms with Gasteiger partial charge in [0.1, 0.15) is 0 Å². The third-order valence-electron chi connectivity index (χ3n) is 4.08. The van der Waals surface area contributed by atoms with Crippen LogP contribution in [0.3, 0.4) is 0 Å². The Kier molecular flexibility index (Phi) is 3.50. The first-order valence-corrected chi connectivity index (χ1v) is 7.11. The van der Waals surface area contributed by atoms with Gasteiger partial charge in [-0.05, 0) is 24.4 Å². The van der Waals surface area contributed by atoms with Crippen LogP contribution in [0.25, 0.3) is 0 Å². The number of hydrogen-bond acceptors (Lipinski definition) is 3. The van der Waals surface area contributed by atoms with E-state index in [1.165, 1.54) is 0 Å². The summed E-state index contributed by atoms with van der Waals surface area (Å²) in [6.07, 6.45) is 2.48. The lowest BCUT2D eigenvalue weighted by Crippen LogP contribution is -2.41. The van der Waals surface area contributed by atoms with E-state index in [9.17, 15) is 4.79 Å². The van der Waals surface area contributed by atoms with Crippen LogP contribution in [-0.2, 0) is 29.5 Å². The summed E-state index contributed by atoms with van der Waals surface area (Å²) >= 11 is 6.03. The first-order valence-electron chi connectivity index (χ1n) is 6.73. The number of carbonyl (C=O) groups is 1. The number of carbonyl (C=O) groups excluding carboxylic acids is 1. The summed E-state index contributed by atoms with van der Waals surface area (Å²) in [7, 11) is 1.90. The van der Waals surface area contributed by atoms with E-state index in [0.717, 1.165) is 37.2 Å². The van der Waals surface area contributed by atoms with Crippen molar-refractivity contribution in [2.45, 2.75) is 25.8 Å². The van der Waals surface area contributed by atoms with Gasteiger partial charge in [0.05, 0.1) is 17.9 Å². The highest BCUT2D eigenvalue weighted by molar-refractivity contribution is 6.28. The van der Waals surface area contributed by atoms with E-state index in [-0.39, 0.29) is 11.8 Å². The smallest absolute Gasteiger partial charge is 0.226 e. The van der Waals surface area contributed by atoms with Crippen LogP contribution in [0.5, 0.6) is 0 Å². The fraction of sp³-hybridized carbons (Fsp3) is 0.692. The molecule has 0 N–H and O–H groups in total. The molecule has 0 atom stereocenters. The quantitative estimate of drug-likeness (QED) is 0.782. The molecule has 0 spiro atoms. The molecule has 5 nitrogen and oxygen atoms in total. The second-order valence-corrected chi connectivity index (χ2v) is 5.57. The molecule has 1 aromatic rings. The molecule has 0 radical (unpaired) electrons. The lowest BCUT2D eigenvalue weighted by molar-refractivity contribution is -0.139.